The fraction of sp³-hybridized carbons (Fsp3) is 0.156. The lowest BCUT2D eigenvalue weighted by atomic mass is 9.88. The molecule has 9 aromatic rings. The molecule has 3 aromatic heterocycles. The van der Waals surface area contributed by atoms with Gasteiger partial charge in [-0.15, -0.1) is 0 Å². The van der Waals surface area contributed by atoms with Crippen molar-refractivity contribution in [3.63, 3.8) is 0 Å². The zero-order valence-electron chi connectivity index (χ0n) is 31.0. The molecule has 0 fully saturated rings. The molecule has 238 valence electrons. The van der Waals surface area contributed by atoms with E-state index in [0.29, 0.717) is 22.1 Å². The number of aryl methyl sites for hydroxylation is 1. The molecule has 0 aliphatic heterocycles. The van der Waals surface area contributed by atoms with Crippen molar-refractivity contribution in [1.82, 2.24) is 14.5 Å². The number of furan rings is 1. The first-order valence-electron chi connectivity index (χ1n) is 18.5. The van der Waals surface area contributed by atoms with Gasteiger partial charge in [-0.25, -0.2) is 4.98 Å². The number of imidazole rings is 1. The lowest BCUT2D eigenvalue weighted by molar-refractivity contribution is 0.670. The number of hydrogen-bond acceptors (Lipinski definition) is 3. The van der Waals surface area contributed by atoms with E-state index in [2.05, 4.69) is 122 Å². The highest BCUT2D eigenvalue weighted by Gasteiger charge is 2.25. The molecule has 0 atom stereocenters. The molecule has 0 unspecified atom stereocenters. The highest BCUT2D eigenvalue weighted by Crippen LogP contribution is 2.43. The van der Waals surface area contributed by atoms with Gasteiger partial charge in [0.15, 0.2) is 0 Å². The van der Waals surface area contributed by atoms with Crippen molar-refractivity contribution in [3.05, 3.63) is 138 Å². The Morgan fingerprint density at radius 1 is 0.592 bits per heavy atom. The molecule has 4 nitrogen and oxygen atoms in total. The monoisotopic (exact) mass is 638 g/mol. The van der Waals surface area contributed by atoms with Crippen molar-refractivity contribution in [1.29, 1.82) is 0 Å². The van der Waals surface area contributed by atoms with Crippen molar-refractivity contribution in [2.24, 2.45) is 0 Å². The maximum Gasteiger partial charge on any atom is 0.149 e. The largest absolute Gasteiger partial charge is 0.455 e. The summed E-state index contributed by atoms with van der Waals surface area (Å²) < 4.78 is 34.1. The Morgan fingerprint density at radius 2 is 1.29 bits per heavy atom. The second-order valence-electron chi connectivity index (χ2n) is 13.6. The van der Waals surface area contributed by atoms with Crippen molar-refractivity contribution in [2.45, 2.75) is 46.4 Å². The Morgan fingerprint density at radius 3 is 2.04 bits per heavy atom. The van der Waals surface area contributed by atoms with E-state index in [1.165, 1.54) is 22.3 Å². The van der Waals surface area contributed by atoms with E-state index < -0.39 is 6.85 Å². The van der Waals surface area contributed by atoms with Crippen LogP contribution in [-0.2, 0) is 0 Å². The number of aromatic nitrogens is 3. The van der Waals surface area contributed by atoms with Crippen LogP contribution in [0.4, 0.5) is 0 Å². The molecular weight excluding hydrogens is 599 g/mol. The van der Waals surface area contributed by atoms with Gasteiger partial charge in [-0.2, -0.15) is 0 Å². The molecule has 0 amide bonds. The van der Waals surface area contributed by atoms with Crippen LogP contribution in [0.5, 0.6) is 0 Å². The third-order valence-electron chi connectivity index (χ3n) is 9.86. The Balaban J connectivity index is 1.36. The molecule has 9 rings (SSSR count). The van der Waals surface area contributed by atoms with Gasteiger partial charge in [0.1, 0.15) is 17.0 Å². The van der Waals surface area contributed by atoms with Crippen molar-refractivity contribution < 1.29 is 8.53 Å². The lowest BCUT2D eigenvalue weighted by Crippen LogP contribution is -2.09. The van der Waals surface area contributed by atoms with Gasteiger partial charge in [0.2, 0.25) is 0 Å². The number of hydrogen-bond donors (Lipinski definition) is 0. The summed E-state index contributed by atoms with van der Waals surface area (Å²) in [7, 11) is 0. The van der Waals surface area contributed by atoms with Crippen LogP contribution < -0.4 is 0 Å². The molecule has 6 aromatic carbocycles. The number of fused-ring (bicyclic) bond motifs is 7. The molecule has 0 N–H and O–H groups in total. The van der Waals surface area contributed by atoms with Crippen molar-refractivity contribution in [2.75, 3.05) is 0 Å². The number of pyridine rings is 1. The van der Waals surface area contributed by atoms with Gasteiger partial charge in [0, 0.05) is 31.4 Å². The van der Waals surface area contributed by atoms with Crippen LogP contribution >= 0.6 is 0 Å². The van der Waals surface area contributed by atoms with Crippen LogP contribution in [0.25, 0.3) is 82.8 Å². The molecule has 0 spiro atoms. The maximum absolute atomic E-state index is 8.34. The maximum atomic E-state index is 8.34. The number of rotatable bonds is 5. The Labute approximate surface area is 289 Å². The molecule has 0 saturated carbocycles. The summed E-state index contributed by atoms with van der Waals surface area (Å²) in [6.07, 6.45) is 0. The smallest absolute Gasteiger partial charge is 0.149 e. The van der Waals surface area contributed by atoms with E-state index in [1.807, 2.05) is 36.4 Å². The third-order valence-corrected chi connectivity index (χ3v) is 9.86. The van der Waals surface area contributed by atoms with Gasteiger partial charge >= 0.3 is 0 Å². The van der Waals surface area contributed by atoms with Crippen LogP contribution in [0.3, 0.4) is 0 Å². The van der Waals surface area contributed by atoms with E-state index in [0.717, 1.165) is 49.7 Å². The average molecular weight is 639 g/mol. The molecule has 0 aliphatic rings. The fourth-order valence-corrected chi connectivity index (χ4v) is 7.47. The van der Waals surface area contributed by atoms with Gasteiger partial charge in [-0.05, 0) is 94.9 Å². The molecule has 0 radical (unpaired) electrons. The van der Waals surface area contributed by atoms with Gasteiger partial charge in [-0.3, -0.25) is 9.55 Å². The van der Waals surface area contributed by atoms with E-state index in [4.69, 9.17) is 13.5 Å². The van der Waals surface area contributed by atoms with Crippen LogP contribution in [-0.4, -0.2) is 14.5 Å². The summed E-state index contributed by atoms with van der Waals surface area (Å²) in [5.74, 6) is 1.26. The molecule has 4 heteroatoms. The third kappa shape index (κ3) is 4.58. The number of para-hydroxylation sites is 4. The topological polar surface area (TPSA) is 43.9 Å². The minimum absolute atomic E-state index is 0.0759. The molecule has 3 heterocycles. The molecule has 49 heavy (non-hydrogen) atoms. The zero-order chi connectivity index (χ0) is 35.9. The summed E-state index contributed by atoms with van der Waals surface area (Å²) in [5, 5.41) is 4.17. The molecular formula is C45H37N3O. The number of nitrogens with zero attached hydrogens (tertiary/aromatic N) is 3. The second-order valence-corrected chi connectivity index (χ2v) is 13.6. The number of benzene rings is 6. The summed E-state index contributed by atoms with van der Waals surface area (Å²) in [6.45, 7) is 6.64. The predicted octanol–water partition coefficient (Wildman–Crippen LogP) is 12.5. The molecule has 0 saturated heterocycles. The normalized spacial score (nSPS) is 13.3. The SMILES string of the molecule is [2H]C([2H])([2H])c1nc2ccccc2c2cc3c(cc12)oc1c(-c2nc4ccccc4n2-c2c(C(C)C)cc(-c4ccccc4)cc2C(C)C)cccc13. The lowest BCUT2D eigenvalue weighted by Gasteiger charge is -2.24. The van der Waals surface area contributed by atoms with Crippen molar-refractivity contribution in [3.8, 4) is 28.2 Å². The first kappa shape index (κ1) is 26.2. The molecule has 0 aliphatic carbocycles. The van der Waals surface area contributed by atoms with E-state index in [-0.39, 0.29) is 17.5 Å². The zero-order valence-corrected chi connectivity index (χ0v) is 28.0. The highest BCUT2D eigenvalue weighted by atomic mass is 16.3. The van der Waals surface area contributed by atoms with E-state index in [1.54, 1.807) is 0 Å². The van der Waals surface area contributed by atoms with Crippen LogP contribution in [0, 0.1) is 6.85 Å². The summed E-state index contributed by atoms with van der Waals surface area (Å²) >= 11 is 0. The quantitative estimate of drug-likeness (QED) is 0.176. The summed E-state index contributed by atoms with van der Waals surface area (Å²) in [5.41, 5.74) is 10.9. The first-order valence-corrected chi connectivity index (χ1v) is 17.0. The predicted molar refractivity (Wildman–Crippen MR) is 205 cm³/mol. The second kappa shape index (κ2) is 11.2. The van der Waals surface area contributed by atoms with Gasteiger partial charge in [-0.1, -0.05) is 100 Å². The van der Waals surface area contributed by atoms with Crippen molar-refractivity contribution >= 4 is 54.6 Å². The fourth-order valence-electron chi connectivity index (χ4n) is 7.47. The molecule has 0 bridgehead atoms. The first-order chi connectivity index (χ1) is 25.1. The Kier molecular flexibility index (Phi) is 5.98. The van der Waals surface area contributed by atoms with Crippen LogP contribution in [0.15, 0.2) is 126 Å². The van der Waals surface area contributed by atoms with Gasteiger partial charge in [0.05, 0.1) is 27.8 Å². The highest BCUT2D eigenvalue weighted by molar-refractivity contribution is 6.17. The summed E-state index contributed by atoms with van der Waals surface area (Å²) in [6, 6.07) is 41.4. The Bertz CT molecular complexity index is 2820. The van der Waals surface area contributed by atoms with E-state index in [9.17, 15) is 0 Å². The van der Waals surface area contributed by atoms with Crippen LogP contribution in [0.1, 0.15) is 60.5 Å². The van der Waals surface area contributed by atoms with E-state index >= 15 is 0 Å². The standard InChI is InChI=1S/C45H37N3O/c1-26(2)34-22-30(29-14-7-6-8-15-29)23-35(27(3)4)43(34)48-41-21-12-11-20-40(41)47-45(48)33-18-13-17-32-38-24-37-31-16-9-10-19-39(31)46-28(5)36(37)25-42(38)49-44(32)33/h6-27H,1-5H3/i5D3. The van der Waals surface area contributed by atoms with Gasteiger partial charge < -0.3 is 4.42 Å². The Hall–Kier alpha value is -5.74. The van der Waals surface area contributed by atoms with Gasteiger partial charge in [0.25, 0.3) is 0 Å². The van der Waals surface area contributed by atoms with Crippen LogP contribution in [0.2, 0.25) is 0 Å². The minimum Gasteiger partial charge on any atom is -0.455 e. The average Bonchev–Trinajstić information content (AvgIpc) is 3.71. The summed E-state index contributed by atoms with van der Waals surface area (Å²) in [4.78, 5) is 9.94. The minimum atomic E-state index is -2.39.